The molecule has 110 valence electrons. The molecule has 1 amide bonds. The Labute approximate surface area is 137 Å². The van der Waals surface area contributed by atoms with Crippen molar-refractivity contribution in [1.82, 2.24) is 0 Å². The Hall–Kier alpha value is -1.36. The molecule has 0 aliphatic heterocycles. The molecule has 0 aliphatic rings. The summed E-state index contributed by atoms with van der Waals surface area (Å²) in [7, 11) is 0. The lowest BCUT2D eigenvalue weighted by Gasteiger charge is -2.08. The summed E-state index contributed by atoms with van der Waals surface area (Å²) in [6.45, 7) is 0. The zero-order valence-electron chi connectivity index (χ0n) is 11.1. The molecule has 0 spiro atoms. The van der Waals surface area contributed by atoms with Crippen LogP contribution in [0.2, 0.25) is 10.0 Å². The van der Waals surface area contributed by atoms with Gasteiger partial charge in [0.05, 0.1) is 10.7 Å². The van der Waals surface area contributed by atoms with Crippen molar-refractivity contribution in [3.63, 3.8) is 0 Å². The third-order valence-electron chi connectivity index (χ3n) is 2.71. The maximum absolute atomic E-state index is 11.9. The van der Waals surface area contributed by atoms with Gasteiger partial charge in [-0.3, -0.25) is 4.79 Å². The Kier molecular flexibility index (Phi) is 5.79. The molecule has 0 atom stereocenters. The number of anilines is 2. The Balaban J connectivity index is 1.83. The molecule has 0 aliphatic carbocycles. The molecule has 0 saturated carbocycles. The lowest BCUT2D eigenvalue weighted by Crippen LogP contribution is -2.12. The predicted molar refractivity (Wildman–Crippen MR) is 91.3 cm³/mol. The molecule has 2 rings (SSSR count). The summed E-state index contributed by atoms with van der Waals surface area (Å²) in [6, 6.07) is 12.5. The van der Waals surface area contributed by atoms with Gasteiger partial charge in [-0.05, 0) is 30.3 Å². The van der Waals surface area contributed by atoms with Crippen LogP contribution in [0.25, 0.3) is 0 Å². The van der Waals surface area contributed by atoms with Gasteiger partial charge < -0.3 is 11.1 Å². The summed E-state index contributed by atoms with van der Waals surface area (Å²) in [4.78, 5) is 12.8. The highest BCUT2D eigenvalue weighted by molar-refractivity contribution is 7.99. The first-order chi connectivity index (χ1) is 10.1. The van der Waals surface area contributed by atoms with Crippen LogP contribution >= 0.6 is 35.0 Å². The zero-order chi connectivity index (χ0) is 15.2. The number of nitrogens with two attached hydrogens (primary N) is 1. The summed E-state index contributed by atoms with van der Waals surface area (Å²) in [6.07, 6.45) is 0.373. The molecule has 2 aromatic rings. The number of nitrogens with one attached hydrogen (secondary N) is 1. The van der Waals surface area contributed by atoms with Gasteiger partial charge in [0.15, 0.2) is 0 Å². The third-order valence-corrected chi connectivity index (χ3v) is 4.36. The number of para-hydroxylation sites is 1. The van der Waals surface area contributed by atoms with Crippen LogP contribution < -0.4 is 11.1 Å². The highest BCUT2D eigenvalue weighted by atomic mass is 35.5. The number of hydrogen-bond donors (Lipinski definition) is 2. The van der Waals surface area contributed by atoms with Crippen molar-refractivity contribution in [2.24, 2.45) is 0 Å². The highest BCUT2D eigenvalue weighted by Crippen LogP contribution is 2.28. The van der Waals surface area contributed by atoms with E-state index in [1.807, 2.05) is 18.2 Å². The second-order valence-corrected chi connectivity index (χ2v) is 6.29. The Morgan fingerprint density at radius 3 is 2.67 bits per heavy atom. The van der Waals surface area contributed by atoms with Crippen molar-refractivity contribution in [3.05, 3.63) is 52.5 Å². The Bertz CT molecular complexity index is 649. The normalized spacial score (nSPS) is 10.4. The van der Waals surface area contributed by atoms with E-state index in [1.54, 1.807) is 24.3 Å². The molecule has 0 radical (unpaired) electrons. The minimum Gasteiger partial charge on any atom is -0.398 e. The maximum Gasteiger partial charge on any atom is 0.225 e. The van der Waals surface area contributed by atoms with Crippen LogP contribution in [0.3, 0.4) is 0 Å². The van der Waals surface area contributed by atoms with Crippen LogP contribution in [0.1, 0.15) is 6.42 Å². The monoisotopic (exact) mass is 340 g/mol. The smallest absolute Gasteiger partial charge is 0.225 e. The molecule has 6 heteroatoms. The number of hydrogen-bond acceptors (Lipinski definition) is 3. The topological polar surface area (TPSA) is 55.1 Å². The number of amides is 1. The summed E-state index contributed by atoms with van der Waals surface area (Å²) in [5.41, 5.74) is 7.11. The summed E-state index contributed by atoms with van der Waals surface area (Å²) in [5.74, 6) is 0.547. The largest absolute Gasteiger partial charge is 0.398 e. The number of carbonyl (C=O) groups is 1. The Morgan fingerprint density at radius 1 is 1.19 bits per heavy atom. The third kappa shape index (κ3) is 4.84. The van der Waals surface area contributed by atoms with Crippen LogP contribution in [-0.4, -0.2) is 11.7 Å². The van der Waals surface area contributed by atoms with Crippen LogP contribution in [0.4, 0.5) is 11.4 Å². The van der Waals surface area contributed by atoms with Crippen molar-refractivity contribution in [2.45, 2.75) is 11.3 Å². The molecule has 21 heavy (non-hydrogen) atoms. The summed E-state index contributed by atoms with van der Waals surface area (Å²) >= 11 is 13.3. The minimum atomic E-state index is -0.0804. The van der Waals surface area contributed by atoms with Crippen molar-refractivity contribution in [1.29, 1.82) is 0 Å². The van der Waals surface area contributed by atoms with Crippen LogP contribution in [0, 0.1) is 0 Å². The first-order valence-corrected chi connectivity index (χ1v) is 8.02. The van der Waals surface area contributed by atoms with Gasteiger partial charge in [0.1, 0.15) is 0 Å². The number of nitrogen functional groups attached to an aromatic ring is 1. The van der Waals surface area contributed by atoms with E-state index in [4.69, 9.17) is 28.9 Å². The molecule has 0 unspecified atom stereocenters. The molecule has 0 bridgehead atoms. The van der Waals surface area contributed by atoms with Gasteiger partial charge in [0.25, 0.3) is 0 Å². The molecular formula is C15H14Cl2N2OS. The second-order valence-electron chi connectivity index (χ2n) is 4.31. The predicted octanol–water partition coefficient (Wildman–Crippen LogP) is 4.70. The van der Waals surface area contributed by atoms with Gasteiger partial charge in [-0.15, -0.1) is 11.8 Å². The first kappa shape index (κ1) is 16.0. The van der Waals surface area contributed by atoms with E-state index in [0.717, 1.165) is 4.90 Å². The fraction of sp³-hybridized carbons (Fsp3) is 0.133. The van der Waals surface area contributed by atoms with Gasteiger partial charge in [-0.1, -0.05) is 35.3 Å². The number of thioether (sulfide) groups is 1. The molecule has 0 saturated heterocycles. The lowest BCUT2D eigenvalue weighted by atomic mass is 10.3. The lowest BCUT2D eigenvalue weighted by molar-refractivity contribution is -0.115. The molecule has 0 fully saturated rings. The van der Waals surface area contributed by atoms with Gasteiger partial charge in [-0.2, -0.15) is 0 Å². The van der Waals surface area contributed by atoms with E-state index >= 15 is 0 Å². The van der Waals surface area contributed by atoms with Crippen LogP contribution in [-0.2, 0) is 4.79 Å². The molecular weight excluding hydrogens is 327 g/mol. The van der Waals surface area contributed by atoms with E-state index in [9.17, 15) is 4.79 Å². The molecule has 2 aromatic carbocycles. The van der Waals surface area contributed by atoms with Crippen molar-refractivity contribution < 1.29 is 4.79 Å². The van der Waals surface area contributed by atoms with E-state index in [2.05, 4.69) is 5.32 Å². The van der Waals surface area contributed by atoms with Gasteiger partial charge in [0, 0.05) is 27.8 Å². The number of rotatable bonds is 5. The minimum absolute atomic E-state index is 0.0804. The molecule has 0 heterocycles. The summed E-state index contributed by atoms with van der Waals surface area (Å²) < 4.78 is 0. The highest BCUT2D eigenvalue weighted by Gasteiger charge is 2.07. The number of benzene rings is 2. The molecule has 3 nitrogen and oxygen atoms in total. The molecule has 0 aromatic heterocycles. The van der Waals surface area contributed by atoms with E-state index in [1.165, 1.54) is 11.8 Å². The van der Waals surface area contributed by atoms with Crippen molar-refractivity contribution in [2.75, 3.05) is 16.8 Å². The van der Waals surface area contributed by atoms with E-state index in [-0.39, 0.29) is 5.91 Å². The van der Waals surface area contributed by atoms with Gasteiger partial charge in [0.2, 0.25) is 5.91 Å². The van der Waals surface area contributed by atoms with Crippen LogP contribution in [0.15, 0.2) is 47.4 Å². The summed E-state index contributed by atoms with van der Waals surface area (Å²) in [5, 5.41) is 3.92. The Morgan fingerprint density at radius 2 is 1.95 bits per heavy atom. The van der Waals surface area contributed by atoms with E-state index in [0.29, 0.717) is 33.6 Å². The standard InChI is InChI=1S/C15H14Cl2N2OS/c16-10-5-6-14(12(18)9-10)21-8-7-15(20)19-13-4-2-1-3-11(13)17/h1-6,9H,7-8,18H2,(H,19,20). The fourth-order valence-corrected chi connectivity index (χ4v) is 2.94. The molecule has 3 N–H and O–H groups in total. The maximum atomic E-state index is 11.9. The van der Waals surface area contributed by atoms with E-state index < -0.39 is 0 Å². The quantitative estimate of drug-likeness (QED) is 0.612. The van der Waals surface area contributed by atoms with Crippen molar-refractivity contribution >= 4 is 52.2 Å². The fourth-order valence-electron chi connectivity index (χ4n) is 1.68. The van der Waals surface area contributed by atoms with Crippen LogP contribution in [0.5, 0.6) is 0 Å². The number of carbonyl (C=O) groups excluding carboxylic acids is 1. The average Bonchev–Trinajstić information content (AvgIpc) is 2.44. The SMILES string of the molecule is Nc1cc(Cl)ccc1SCCC(=O)Nc1ccccc1Cl. The average molecular weight is 341 g/mol. The van der Waals surface area contributed by atoms with Crippen molar-refractivity contribution in [3.8, 4) is 0 Å². The zero-order valence-corrected chi connectivity index (χ0v) is 13.4. The van der Waals surface area contributed by atoms with Gasteiger partial charge in [-0.25, -0.2) is 0 Å². The second kappa shape index (κ2) is 7.59. The number of halogens is 2. The van der Waals surface area contributed by atoms with Gasteiger partial charge >= 0.3 is 0 Å². The first-order valence-electron chi connectivity index (χ1n) is 6.28.